The fourth-order valence-electron chi connectivity index (χ4n) is 1.73. The fourth-order valence-corrected chi connectivity index (χ4v) is 2.03. The molecule has 4 N–H and O–H groups in total. The van der Waals surface area contributed by atoms with Gasteiger partial charge in [0.1, 0.15) is 18.0 Å². The van der Waals surface area contributed by atoms with E-state index in [0.29, 0.717) is 0 Å². The molecule has 8 heteroatoms. The van der Waals surface area contributed by atoms with Crippen LogP contribution in [0.25, 0.3) is 0 Å². The van der Waals surface area contributed by atoms with Gasteiger partial charge in [0.25, 0.3) is 0 Å². The van der Waals surface area contributed by atoms with Gasteiger partial charge in [-0.15, -0.1) is 0 Å². The molecule has 17 heavy (non-hydrogen) atoms. The third kappa shape index (κ3) is 2.16. The lowest BCUT2D eigenvalue weighted by Gasteiger charge is -2.16. The van der Waals surface area contributed by atoms with Crippen molar-refractivity contribution in [3.8, 4) is 0 Å². The number of anilines is 1. The van der Waals surface area contributed by atoms with E-state index in [0.717, 1.165) is 4.57 Å². The first-order chi connectivity index (χ1) is 8.04. The molecule has 1 aromatic heterocycles. The van der Waals surface area contributed by atoms with E-state index in [4.69, 9.17) is 10.5 Å². The van der Waals surface area contributed by atoms with Gasteiger partial charge < -0.3 is 20.7 Å². The first-order valence-electron chi connectivity index (χ1n) is 5.01. The third-order valence-electron chi connectivity index (χ3n) is 2.64. The quantitative estimate of drug-likeness (QED) is 0.475. The van der Waals surface area contributed by atoms with E-state index in [1.807, 2.05) is 0 Å². The van der Waals surface area contributed by atoms with Gasteiger partial charge in [-0.25, -0.2) is 4.79 Å². The van der Waals surface area contributed by atoms with Crippen LogP contribution in [-0.4, -0.2) is 43.8 Å². The Bertz CT molecular complexity index is 466. The summed E-state index contributed by atoms with van der Waals surface area (Å²) in [5.41, 5.74) is 4.71. The molecule has 0 amide bonds. The predicted molar refractivity (Wildman–Crippen MR) is 62.7 cm³/mol. The van der Waals surface area contributed by atoms with Gasteiger partial charge in [0, 0.05) is 11.9 Å². The van der Waals surface area contributed by atoms with Crippen LogP contribution in [0.1, 0.15) is 6.23 Å². The molecule has 0 radical (unpaired) electrons. The second kappa shape index (κ2) is 4.65. The predicted octanol–water partition coefficient (Wildman–Crippen LogP) is -1.63. The summed E-state index contributed by atoms with van der Waals surface area (Å²) < 4.78 is 6.44. The minimum Gasteiger partial charge on any atom is -0.387 e. The largest absolute Gasteiger partial charge is 0.387 e. The van der Waals surface area contributed by atoms with E-state index >= 15 is 0 Å². The summed E-state index contributed by atoms with van der Waals surface area (Å²) in [6, 6.07) is 1.41. The lowest BCUT2D eigenvalue weighted by Crippen LogP contribution is -2.35. The number of aliphatic hydroxyl groups excluding tert-OH is 2. The molecule has 2 heterocycles. The second-order valence-electron chi connectivity index (χ2n) is 3.77. The van der Waals surface area contributed by atoms with Gasteiger partial charge in [-0.1, -0.05) is 0 Å². The highest BCUT2D eigenvalue weighted by molar-refractivity contribution is 7.80. The number of nitrogens with zero attached hydrogens (tertiary/aromatic N) is 2. The summed E-state index contributed by atoms with van der Waals surface area (Å²) in [4.78, 5) is 15.1. The minimum absolute atomic E-state index is 0.0880. The Hall–Kier alpha value is -1.09. The van der Waals surface area contributed by atoms with Gasteiger partial charge in [-0.05, 0) is 6.07 Å². The Labute approximate surface area is 102 Å². The zero-order chi connectivity index (χ0) is 12.6. The molecule has 0 saturated carbocycles. The van der Waals surface area contributed by atoms with Gasteiger partial charge in [0.15, 0.2) is 6.23 Å². The minimum atomic E-state index is -1.20. The fraction of sp³-hybridized carbons (Fsp3) is 0.556. The SMILES string of the molecule is Nc1ccn([C@@H]2O[C@H](CS)[C@@H](O)[C@H]2O)c(=O)n1. The zero-order valence-corrected chi connectivity index (χ0v) is 9.70. The Balaban J connectivity index is 2.32. The molecule has 1 saturated heterocycles. The highest BCUT2D eigenvalue weighted by Crippen LogP contribution is 2.28. The molecule has 0 aromatic carbocycles. The topological polar surface area (TPSA) is 111 Å². The average Bonchev–Trinajstić information content (AvgIpc) is 2.57. The molecule has 7 nitrogen and oxygen atoms in total. The smallest absolute Gasteiger partial charge is 0.351 e. The summed E-state index contributed by atoms with van der Waals surface area (Å²) in [7, 11) is 0. The van der Waals surface area contributed by atoms with Gasteiger partial charge in [0.2, 0.25) is 0 Å². The Kier molecular flexibility index (Phi) is 3.38. The molecule has 1 aromatic rings. The van der Waals surface area contributed by atoms with Gasteiger partial charge in [-0.2, -0.15) is 17.6 Å². The number of thiol groups is 1. The molecule has 4 atom stereocenters. The second-order valence-corrected chi connectivity index (χ2v) is 4.14. The molecule has 1 aliphatic rings. The van der Waals surface area contributed by atoms with Crippen molar-refractivity contribution in [2.75, 3.05) is 11.5 Å². The standard InChI is InChI=1S/C9H13N3O4S/c10-5-1-2-12(9(15)11-5)8-7(14)6(13)4(3-17)16-8/h1-2,4,6-8,13-14,17H,3H2,(H2,10,11,15)/t4-,6-,7-,8-/m1/s1. The summed E-state index contributed by atoms with van der Waals surface area (Å²) >= 11 is 3.99. The normalized spacial score (nSPS) is 32.9. The van der Waals surface area contributed by atoms with Gasteiger partial charge >= 0.3 is 5.69 Å². The van der Waals surface area contributed by atoms with Crippen molar-refractivity contribution in [2.24, 2.45) is 0 Å². The van der Waals surface area contributed by atoms with Gasteiger partial charge in [-0.3, -0.25) is 4.57 Å². The van der Waals surface area contributed by atoms with Crippen LogP contribution in [0.2, 0.25) is 0 Å². The molecule has 1 aliphatic heterocycles. The number of hydrogen-bond acceptors (Lipinski definition) is 7. The highest BCUT2D eigenvalue weighted by atomic mass is 32.1. The van der Waals surface area contributed by atoms with Crippen LogP contribution in [-0.2, 0) is 4.74 Å². The number of nitrogen functional groups attached to an aromatic ring is 1. The van der Waals surface area contributed by atoms with Crippen molar-refractivity contribution in [1.82, 2.24) is 9.55 Å². The van der Waals surface area contributed by atoms with Crippen LogP contribution in [0.5, 0.6) is 0 Å². The van der Waals surface area contributed by atoms with Crippen molar-refractivity contribution >= 4 is 18.4 Å². The van der Waals surface area contributed by atoms with Crippen LogP contribution in [0.3, 0.4) is 0 Å². The zero-order valence-electron chi connectivity index (χ0n) is 8.80. The van der Waals surface area contributed by atoms with Crippen molar-refractivity contribution < 1.29 is 14.9 Å². The molecular weight excluding hydrogens is 246 g/mol. The number of nitrogens with two attached hydrogens (primary N) is 1. The Morgan fingerprint density at radius 3 is 2.76 bits per heavy atom. The number of hydrogen-bond donors (Lipinski definition) is 4. The van der Waals surface area contributed by atoms with E-state index in [9.17, 15) is 15.0 Å². The van der Waals surface area contributed by atoms with Crippen molar-refractivity contribution in [2.45, 2.75) is 24.5 Å². The number of aromatic nitrogens is 2. The molecule has 0 bridgehead atoms. The maximum Gasteiger partial charge on any atom is 0.351 e. The lowest BCUT2D eigenvalue weighted by molar-refractivity contribution is -0.0338. The monoisotopic (exact) mass is 259 g/mol. The molecule has 0 unspecified atom stereocenters. The molecule has 94 valence electrons. The van der Waals surface area contributed by atoms with Crippen LogP contribution < -0.4 is 11.4 Å². The number of rotatable bonds is 2. The maximum atomic E-state index is 11.6. The molecule has 2 rings (SSSR count). The van der Waals surface area contributed by atoms with Crippen LogP contribution in [0.15, 0.2) is 17.1 Å². The first-order valence-corrected chi connectivity index (χ1v) is 5.65. The Morgan fingerprint density at radius 2 is 2.24 bits per heavy atom. The van der Waals surface area contributed by atoms with E-state index in [1.54, 1.807) is 0 Å². The van der Waals surface area contributed by atoms with E-state index < -0.39 is 30.2 Å². The maximum absolute atomic E-state index is 11.6. The molecular formula is C9H13N3O4S. The van der Waals surface area contributed by atoms with E-state index in [1.165, 1.54) is 12.3 Å². The molecule has 0 aliphatic carbocycles. The average molecular weight is 259 g/mol. The Morgan fingerprint density at radius 1 is 1.53 bits per heavy atom. The van der Waals surface area contributed by atoms with Crippen molar-refractivity contribution in [1.29, 1.82) is 0 Å². The summed E-state index contributed by atoms with van der Waals surface area (Å²) in [6.45, 7) is 0. The van der Waals surface area contributed by atoms with Gasteiger partial charge in [0.05, 0.1) is 6.10 Å². The van der Waals surface area contributed by atoms with Crippen molar-refractivity contribution in [3.05, 3.63) is 22.7 Å². The van der Waals surface area contributed by atoms with Crippen LogP contribution in [0, 0.1) is 0 Å². The molecule has 0 spiro atoms. The van der Waals surface area contributed by atoms with Crippen LogP contribution in [0.4, 0.5) is 5.82 Å². The van der Waals surface area contributed by atoms with E-state index in [2.05, 4.69) is 17.6 Å². The lowest BCUT2D eigenvalue weighted by atomic mass is 10.1. The number of ether oxygens (including phenoxy) is 1. The van der Waals surface area contributed by atoms with Crippen molar-refractivity contribution in [3.63, 3.8) is 0 Å². The third-order valence-corrected chi connectivity index (χ3v) is 3.00. The molecule has 1 fully saturated rings. The summed E-state index contributed by atoms with van der Waals surface area (Å²) in [5, 5.41) is 19.4. The van der Waals surface area contributed by atoms with Crippen LogP contribution >= 0.6 is 12.6 Å². The first kappa shape index (κ1) is 12.4. The summed E-state index contributed by atoms with van der Waals surface area (Å²) in [5.74, 6) is 0.330. The van der Waals surface area contributed by atoms with E-state index in [-0.39, 0.29) is 11.6 Å². The number of aliphatic hydroxyl groups is 2. The highest BCUT2D eigenvalue weighted by Gasteiger charge is 2.43. The summed E-state index contributed by atoms with van der Waals surface area (Å²) in [6.07, 6.45) is -2.51.